The summed E-state index contributed by atoms with van der Waals surface area (Å²) in [6.07, 6.45) is 7.13. The van der Waals surface area contributed by atoms with Crippen molar-refractivity contribution in [3.05, 3.63) is 66.0 Å². The zero-order valence-electron chi connectivity index (χ0n) is 15.4. The summed E-state index contributed by atoms with van der Waals surface area (Å²) in [5.74, 6) is 0.615. The van der Waals surface area contributed by atoms with Gasteiger partial charge < -0.3 is 5.32 Å². The van der Waals surface area contributed by atoms with Crippen LogP contribution in [0.4, 0.5) is 0 Å². The van der Waals surface area contributed by atoms with E-state index in [0.717, 1.165) is 16.9 Å². The quantitative estimate of drug-likeness (QED) is 0.732. The molecule has 8 heteroatoms. The van der Waals surface area contributed by atoms with E-state index >= 15 is 0 Å². The van der Waals surface area contributed by atoms with Gasteiger partial charge in [-0.25, -0.2) is 8.42 Å². The van der Waals surface area contributed by atoms with E-state index in [2.05, 4.69) is 15.3 Å². The minimum atomic E-state index is -3.23. The van der Waals surface area contributed by atoms with Gasteiger partial charge in [0, 0.05) is 24.2 Å². The molecule has 0 saturated carbocycles. The third-order valence-corrected chi connectivity index (χ3v) is 6.99. The first-order valence-corrected chi connectivity index (χ1v) is 11.5. The highest BCUT2D eigenvalue weighted by molar-refractivity contribution is 8.14. The lowest BCUT2D eigenvalue weighted by Gasteiger charge is -2.03. The van der Waals surface area contributed by atoms with Crippen molar-refractivity contribution in [2.45, 2.75) is 24.3 Å². The minimum absolute atomic E-state index is 0.00408. The van der Waals surface area contributed by atoms with Gasteiger partial charge in [0.25, 0.3) is 0 Å². The van der Waals surface area contributed by atoms with Crippen molar-refractivity contribution < 1.29 is 13.2 Å². The first-order chi connectivity index (χ1) is 13.5. The van der Waals surface area contributed by atoms with Crippen LogP contribution in [0, 0.1) is 0 Å². The molecule has 1 N–H and O–H groups in total. The molecule has 3 rings (SSSR count). The summed E-state index contributed by atoms with van der Waals surface area (Å²) in [6.45, 7) is 1.83. The zero-order valence-corrected chi connectivity index (χ0v) is 17.0. The minimum Gasteiger partial charge on any atom is -0.302 e. The van der Waals surface area contributed by atoms with Gasteiger partial charge in [0.05, 0.1) is 16.7 Å². The molecule has 0 radical (unpaired) electrons. The summed E-state index contributed by atoms with van der Waals surface area (Å²) >= 11 is 1.49. The number of aromatic nitrogens is 1. The Hall–Kier alpha value is -2.45. The van der Waals surface area contributed by atoms with E-state index in [-0.39, 0.29) is 17.7 Å². The summed E-state index contributed by atoms with van der Waals surface area (Å²) < 4.78 is 24.1. The van der Waals surface area contributed by atoms with Gasteiger partial charge in [0.1, 0.15) is 0 Å². The molecule has 0 aliphatic carbocycles. The van der Waals surface area contributed by atoms with Crippen LogP contribution in [0.1, 0.15) is 30.5 Å². The predicted molar refractivity (Wildman–Crippen MR) is 113 cm³/mol. The van der Waals surface area contributed by atoms with Crippen LogP contribution in [0.2, 0.25) is 0 Å². The fourth-order valence-electron chi connectivity index (χ4n) is 2.68. The van der Waals surface area contributed by atoms with Crippen molar-refractivity contribution in [2.75, 3.05) is 11.5 Å². The summed E-state index contributed by atoms with van der Waals surface area (Å²) in [7, 11) is -3.23. The van der Waals surface area contributed by atoms with E-state index in [0.29, 0.717) is 16.5 Å². The second-order valence-electron chi connectivity index (χ2n) is 6.26. The van der Waals surface area contributed by atoms with Gasteiger partial charge in [0.2, 0.25) is 5.91 Å². The maximum atomic E-state index is 12.1. The fourth-order valence-corrected chi connectivity index (χ4v) is 4.96. The number of carbonyl (C=O) groups is 1. The van der Waals surface area contributed by atoms with Gasteiger partial charge in [-0.2, -0.15) is 0 Å². The van der Waals surface area contributed by atoms with Crippen LogP contribution >= 0.6 is 11.8 Å². The van der Waals surface area contributed by atoms with Crippen molar-refractivity contribution >= 4 is 38.7 Å². The standard InChI is InChI=1S/C20H21N3O3S2/c1-2-12-28(25,26)17-8-5-15(6-9-17)7-10-19(24)23-20-22-18(14-27-20)16-4-3-11-21-13-16/h3-11,13,18H,2,12,14H2,1H3,(H,22,23,24)/b10-7+. The molecule has 6 nitrogen and oxygen atoms in total. The Morgan fingerprint density at radius 2 is 2.07 bits per heavy atom. The van der Waals surface area contributed by atoms with E-state index in [1.54, 1.807) is 42.7 Å². The highest BCUT2D eigenvalue weighted by Crippen LogP contribution is 2.28. The van der Waals surface area contributed by atoms with E-state index in [9.17, 15) is 13.2 Å². The summed E-state index contributed by atoms with van der Waals surface area (Å²) in [4.78, 5) is 21.0. The van der Waals surface area contributed by atoms with Crippen molar-refractivity contribution in [2.24, 2.45) is 4.99 Å². The van der Waals surface area contributed by atoms with Crippen molar-refractivity contribution in [1.29, 1.82) is 0 Å². The molecule has 0 bridgehead atoms. The Morgan fingerprint density at radius 3 is 2.75 bits per heavy atom. The van der Waals surface area contributed by atoms with E-state index in [1.807, 2.05) is 19.1 Å². The van der Waals surface area contributed by atoms with Crippen molar-refractivity contribution in [3.8, 4) is 0 Å². The first-order valence-electron chi connectivity index (χ1n) is 8.90. The topological polar surface area (TPSA) is 88.5 Å². The molecule has 0 saturated heterocycles. The van der Waals surface area contributed by atoms with Crippen LogP contribution in [0.3, 0.4) is 0 Å². The molecule has 1 aromatic carbocycles. The molecule has 28 heavy (non-hydrogen) atoms. The number of nitrogens with one attached hydrogen (secondary N) is 1. The molecule has 1 aliphatic heterocycles. The monoisotopic (exact) mass is 415 g/mol. The number of rotatable bonds is 6. The molecule has 1 atom stereocenters. The second-order valence-corrected chi connectivity index (χ2v) is 9.38. The smallest absolute Gasteiger partial charge is 0.249 e. The fraction of sp³-hybridized carbons (Fsp3) is 0.250. The number of hydrogen-bond acceptors (Lipinski definition) is 6. The third kappa shape index (κ3) is 5.30. The van der Waals surface area contributed by atoms with Crippen LogP contribution in [-0.2, 0) is 14.6 Å². The van der Waals surface area contributed by atoms with Gasteiger partial charge in [-0.1, -0.05) is 36.9 Å². The zero-order chi connectivity index (χ0) is 20.0. The first kappa shape index (κ1) is 20.3. The predicted octanol–water partition coefficient (Wildman–Crippen LogP) is 3.24. The molecule has 1 amide bonds. The number of hydrogen-bond donors (Lipinski definition) is 1. The van der Waals surface area contributed by atoms with Gasteiger partial charge in [-0.05, 0) is 41.8 Å². The van der Waals surface area contributed by atoms with E-state index < -0.39 is 9.84 Å². The highest BCUT2D eigenvalue weighted by Gasteiger charge is 2.20. The second kappa shape index (κ2) is 9.16. The maximum absolute atomic E-state index is 12.1. The van der Waals surface area contributed by atoms with Gasteiger partial charge in [0.15, 0.2) is 15.0 Å². The van der Waals surface area contributed by atoms with Gasteiger partial charge in [-0.15, -0.1) is 0 Å². The normalized spacial score (nSPS) is 16.9. The van der Waals surface area contributed by atoms with Gasteiger partial charge >= 0.3 is 0 Å². The number of benzene rings is 1. The summed E-state index contributed by atoms with van der Waals surface area (Å²) in [6, 6.07) is 10.3. The third-order valence-electron chi connectivity index (χ3n) is 4.09. The molecule has 146 valence electrons. The van der Waals surface area contributed by atoms with Gasteiger partial charge in [-0.3, -0.25) is 14.8 Å². The molecule has 2 heterocycles. The Morgan fingerprint density at radius 1 is 1.29 bits per heavy atom. The molecule has 1 aliphatic rings. The van der Waals surface area contributed by atoms with Crippen molar-refractivity contribution in [3.63, 3.8) is 0 Å². The highest BCUT2D eigenvalue weighted by atomic mass is 32.2. The summed E-state index contributed by atoms with van der Waals surface area (Å²) in [5, 5.41) is 3.36. The molecule has 1 unspecified atom stereocenters. The van der Waals surface area contributed by atoms with Crippen LogP contribution in [0.5, 0.6) is 0 Å². The largest absolute Gasteiger partial charge is 0.302 e. The SMILES string of the molecule is CCCS(=O)(=O)c1ccc(/C=C/C(=O)NC2=NC(c3cccnc3)CS2)cc1. The van der Waals surface area contributed by atoms with Crippen molar-refractivity contribution in [1.82, 2.24) is 10.3 Å². The number of carbonyl (C=O) groups excluding carboxylic acids is 1. The van der Waals surface area contributed by atoms with Crippen LogP contribution in [-0.4, -0.2) is 36.0 Å². The number of amidine groups is 1. The number of amides is 1. The Labute approximate surface area is 169 Å². The lowest BCUT2D eigenvalue weighted by atomic mass is 10.1. The molecular formula is C20H21N3O3S2. The number of thioether (sulfide) groups is 1. The lowest BCUT2D eigenvalue weighted by molar-refractivity contribution is -0.115. The summed E-state index contributed by atoms with van der Waals surface area (Å²) in [5.41, 5.74) is 1.77. The maximum Gasteiger partial charge on any atom is 0.249 e. The Balaban J connectivity index is 1.58. The molecule has 0 spiro atoms. The molecule has 2 aromatic rings. The lowest BCUT2D eigenvalue weighted by Crippen LogP contribution is -2.25. The number of sulfone groups is 1. The average molecular weight is 416 g/mol. The number of nitrogens with zero attached hydrogens (tertiary/aromatic N) is 2. The van der Waals surface area contributed by atoms with E-state index in [4.69, 9.17) is 0 Å². The Bertz CT molecular complexity index is 985. The Kier molecular flexibility index (Phi) is 6.64. The number of pyridine rings is 1. The molecule has 0 fully saturated rings. The molecule has 1 aromatic heterocycles. The van der Waals surface area contributed by atoms with Crippen LogP contribution in [0.15, 0.2) is 64.8 Å². The van der Waals surface area contributed by atoms with Crippen LogP contribution in [0.25, 0.3) is 6.08 Å². The molecular weight excluding hydrogens is 394 g/mol. The average Bonchev–Trinajstić information content (AvgIpc) is 3.16. The van der Waals surface area contributed by atoms with Crippen LogP contribution < -0.4 is 5.32 Å². The van der Waals surface area contributed by atoms with E-state index in [1.165, 1.54) is 17.8 Å². The number of aliphatic imine (C=N–C) groups is 1.